The average molecular weight is 315 g/mol. The third-order valence-electron chi connectivity index (χ3n) is 3.70. The van der Waals surface area contributed by atoms with Crippen LogP contribution in [-0.2, 0) is 6.54 Å². The molecule has 2 aromatic carbocycles. The third-order valence-corrected chi connectivity index (χ3v) is 3.70. The summed E-state index contributed by atoms with van der Waals surface area (Å²) in [5.41, 5.74) is 3.14. The normalized spacial score (nSPS) is 12.8. The molecule has 0 aliphatic carbocycles. The molecule has 23 heavy (non-hydrogen) atoms. The fraction of sp³-hybridized carbons (Fsp3) is 0.278. The molecular weight excluding hydrogens is 293 g/mol. The largest absolute Gasteiger partial charge is 0.505 e. The predicted octanol–water partition coefficient (Wildman–Crippen LogP) is 3.27. The highest BCUT2D eigenvalue weighted by atomic mass is 19.1. The van der Waals surface area contributed by atoms with Crippen molar-refractivity contribution >= 4 is 5.96 Å². The number of phenolic OH excluding ortho intramolecular Hbond substituents is 1. The molecule has 1 atom stereocenters. The minimum atomic E-state index is -0.625. The van der Waals surface area contributed by atoms with E-state index >= 15 is 0 Å². The lowest BCUT2D eigenvalue weighted by atomic mass is 10.0. The predicted molar refractivity (Wildman–Crippen MR) is 91.0 cm³/mol. The van der Waals surface area contributed by atoms with Gasteiger partial charge in [-0.15, -0.1) is 0 Å². The highest BCUT2D eigenvalue weighted by Gasteiger charge is 2.10. The molecule has 0 radical (unpaired) electrons. The number of rotatable bonds is 4. The van der Waals surface area contributed by atoms with Crippen LogP contribution in [0, 0.1) is 12.7 Å². The maximum absolute atomic E-state index is 13.3. The molecule has 3 N–H and O–H groups in total. The minimum Gasteiger partial charge on any atom is -0.505 e. The van der Waals surface area contributed by atoms with E-state index in [0.29, 0.717) is 12.5 Å². The second-order valence-corrected chi connectivity index (χ2v) is 5.43. The zero-order chi connectivity index (χ0) is 16.8. The first-order valence-electron chi connectivity index (χ1n) is 7.51. The maximum atomic E-state index is 13.3. The molecule has 1 unspecified atom stereocenters. The number of benzene rings is 2. The SMILES string of the molecule is CN=C(NCc1ccc(O)c(F)c1)NC(C)c1ccccc1C. The maximum Gasteiger partial charge on any atom is 0.191 e. The standard InChI is InChI=1S/C18H22FN3O/c1-12-6-4-5-7-15(12)13(2)22-18(20-3)21-11-14-8-9-17(23)16(19)10-14/h4-10,13,23H,11H2,1-3H3,(H2,20,21,22). The Balaban J connectivity index is 1.98. The van der Waals surface area contributed by atoms with E-state index in [-0.39, 0.29) is 11.8 Å². The van der Waals surface area contributed by atoms with Gasteiger partial charge in [0.25, 0.3) is 0 Å². The molecule has 5 heteroatoms. The molecule has 122 valence electrons. The van der Waals surface area contributed by atoms with Gasteiger partial charge in [-0.1, -0.05) is 30.3 Å². The van der Waals surface area contributed by atoms with Crippen LogP contribution in [0.15, 0.2) is 47.5 Å². The van der Waals surface area contributed by atoms with Gasteiger partial charge >= 0.3 is 0 Å². The third kappa shape index (κ3) is 4.45. The highest BCUT2D eigenvalue weighted by Crippen LogP contribution is 2.17. The molecule has 0 saturated carbocycles. The zero-order valence-corrected chi connectivity index (χ0v) is 13.6. The number of nitrogens with zero attached hydrogens (tertiary/aromatic N) is 1. The van der Waals surface area contributed by atoms with Crippen molar-refractivity contribution in [3.63, 3.8) is 0 Å². The quantitative estimate of drug-likeness (QED) is 0.599. The molecule has 0 spiro atoms. The second kappa shape index (κ2) is 7.63. The number of aliphatic imine (C=N–C) groups is 1. The van der Waals surface area contributed by atoms with Crippen LogP contribution in [-0.4, -0.2) is 18.1 Å². The van der Waals surface area contributed by atoms with Crippen molar-refractivity contribution in [3.8, 4) is 5.75 Å². The summed E-state index contributed by atoms with van der Waals surface area (Å²) in [7, 11) is 1.69. The Kier molecular flexibility index (Phi) is 5.57. The Hall–Kier alpha value is -2.56. The molecule has 0 fully saturated rings. The lowest BCUT2D eigenvalue weighted by molar-refractivity contribution is 0.431. The van der Waals surface area contributed by atoms with Gasteiger partial charge in [0.2, 0.25) is 0 Å². The fourth-order valence-electron chi connectivity index (χ4n) is 2.40. The van der Waals surface area contributed by atoms with Gasteiger partial charge in [-0.2, -0.15) is 0 Å². The van der Waals surface area contributed by atoms with Gasteiger partial charge < -0.3 is 15.7 Å². The molecule has 0 aliphatic heterocycles. The van der Waals surface area contributed by atoms with E-state index in [9.17, 15) is 9.50 Å². The van der Waals surface area contributed by atoms with Gasteiger partial charge in [-0.25, -0.2) is 4.39 Å². The van der Waals surface area contributed by atoms with Gasteiger partial charge in [0.15, 0.2) is 17.5 Å². The van der Waals surface area contributed by atoms with Crippen molar-refractivity contribution in [3.05, 3.63) is 65.0 Å². The Morgan fingerprint density at radius 2 is 2.00 bits per heavy atom. The molecule has 0 amide bonds. The van der Waals surface area contributed by atoms with E-state index in [4.69, 9.17) is 0 Å². The summed E-state index contributed by atoms with van der Waals surface area (Å²) in [6.07, 6.45) is 0. The summed E-state index contributed by atoms with van der Waals surface area (Å²) in [5.74, 6) is -0.334. The van der Waals surface area contributed by atoms with E-state index in [1.807, 2.05) is 12.1 Å². The first-order valence-corrected chi connectivity index (χ1v) is 7.51. The summed E-state index contributed by atoms with van der Waals surface area (Å²) in [5, 5.41) is 15.7. The fourth-order valence-corrected chi connectivity index (χ4v) is 2.40. The van der Waals surface area contributed by atoms with E-state index < -0.39 is 5.82 Å². The number of halogens is 1. The van der Waals surface area contributed by atoms with Crippen LogP contribution < -0.4 is 10.6 Å². The number of phenols is 1. The highest BCUT2D eigenvalue weighted by molar-refractivity contribution is 5.80. The number of guanidine groups is 1. The van der Waals surface area contributed by atoms with Crippen molar-refractivity contribution in [1.29, 1.82) is 0 Å². The Labute approximate surface area is 136 Å². The second-order valence-electron chi connectivity index (χ2n) is 5.43. The molecule has 4 nitrogen and oxygen atoms in total. The lowest BCUT2D eigenvalue weighted by Crippen LogP contribution is -2.38. The van der Waals surface area contributed by atoms with Crippen LogP contribution in [0.3, 0.4) is 0 Å². The Bertz CT molecular complexity index is 700. The van der Waals surface area contributed by atoms with Crippen molar-refractivity contribution < 1.29 is 9.50 Å². The minimum absolute atomic E-state index is 0.0963. The first kappa shape index (κ1) is 16.8. The van der Waals surface area contributed by atoms with Crippen LogP contribution in [0.2, 0.25) is 0 Å². The van der Waals surface area contributed by atoms with E-state index in [1.54, 1.807) is 13.1 Å². The van der Waals surface area contributed by atoms with Crippen molar-refractivity contribution in [2.24, 2.45) is 4.99 Å². The molecule has 0 aliphatic rings. The Morgan fingerprint density at radius 3 is 2.65 bits per heavy atom. The molecule has 2 rings (SSSR count). The first-order chi connectivity index (χ1) is 11.0. The molecule has 0 bridgehead atoms. The van der Waals surface area contributed by atoms with Gasteiger partial charge in [-0.05, 0) is 42.7 Å². The smallest absolute Gasteiger partial charge is 0.191 e. The van der Waals surface area contributed by atoms with Crippen LogP contribution in [0.25, 0.3) is 0 Å². The lowest BCUT2D eigenvalue weighted by Gasteiger charge is -2.20. The average Bonchev–Trinajstić information content (AvgIpc) is 2.54. The van der Waals surface area contributed by atoms with Crippen molar-refractivity contribution in [2.75, 3.05) is 7.05 Å². The van der Waals surface area contributed by atoms with Crippen LogP contribution in [0.5, 0.6) is 5.75 Å². The number of aryl methyl sites for hydroxylation is 1. The summed E-state index contributed by atoms with van der Waals surface area (Å²) >= 11 is 0. The molecular formula is C18H22FN3O. The van der Waals surface area contributed by atoms with Gasteiger partial charge in [0, 0.05) is 13.6 Å². The number of hydrogen-bond acceptors (Lipinski definition) is 2. The molecule has 2 aromatic rings. The monoisotopic (exact) mass is 315 g/mol. The summed E-state index contributed by atoms with van der Waals surface area (Å²) in [4.78, 5) is 4.19. The van der Waals surface area contributed by atoms with Gasteiger partial charge in [-0.3, -0.25) is 4.99 Å². The number of nitrogens with one attached hydrogen (secondary N) is 2. The van der Waals surface area contributed by atoms with Crippen LogP contribution in [0.1, 0.15) is 29.7 Å². The topological polar surface area (TPSA) is 56.7 Å². The number of hydrogen-bond donors (Lipinski definition) is 3. The number of aromatic hydroxyl groups is 1. The Morgan fingerprint density at radius 1 is 1.26 bits per heavy atom. The van der Waals surface area contributed by atoms with Crippen LogP contribution >= 0.6 is 0 Å². The van der Waals surface area contributed by atoms with E-state index in [2.05, 4.69) is 41.6 Å². The molecule has 0 aromatic heterocycles. The summed E-state index contributed by atoms with van der Waals surface area (Å²) in [6.45, 7) is 4.55. The van der Waals surface area contributed by atoms with E-state index in [1.165, 1.54) is 23.3 Å². The van der Waals surface area contributed by atoms with Crippen molar-refractivity contribution in [2.45, 2.75) is 26.4 Å². The van der Waals surface area contributed by atoms with Crippen LogP contribution in [0.4, 0.5) is 4.39 Å². The van der Waals surface area contributed by atoms with Crippen molar-refractivity contribution in [1.82, 2.24) is 10.6 Å². The zero-order valence-electron chi connectivity index (χ0n) is 13.6. The van der Waals surface area contributed by atoms with Gasteiger partial charge in [0.1, 0.15) is 0 Å². The molecule has 0 heterocycles. The molecule has 0 saturated heterocycles. The summed E-state index contributed by atoms with van der Waals surface area (Å²) < 4.78 is 13.3. The van der Waals surface area contributed by atoms with Gasteiger partial charge in [0.05, 0.1) is 6.04 Å². The summed E-state index contributed by atoms with van der Waals surface area (Å²) in [6, 6.07) is 12.6. The van der Waals surface area contributed by atoms with E-state index in [0.717, 1.165) is 5.56 Å².